The summed E-state index contributed by atoms with van der Waals surface area (Å²) >= 11 is 8.75. The van der Waals surface area contributed by atoms with Gasteiger partial charge in [0.25, 0.3) is 5.91 Å². The number of nitrogens with one attached hydrogen (secondary N) is 2. The summed E-state index contributed by atoms with van der Waals surface area (Å²) in [7, 11) is 1.53. The highest BCUT2D eigenvalue weighted by molar-refractivity contribution is 9.10. The Bertz CT molecular complexity index is 1050. The number of methoxy groups -OCH3 is 1. The van der Waals surface area contributed by atoms with E-state index in [1.54, 1.807) is 23.1 Å². The zero-order valence-corrected chi connectivity index (χ0v) is 21.1. The van der Waals surface area contributed by atoms with Gasteiger partial charge in [0.05, 0.1) is 24.6 Å². The monoisotopic (exact) mass is 547 g/mol. The minimum Gasteiger partial charge on any atom is -0.496 e. The van der Waals surface area contributed by atoms with Crippen LogP contribution in [0.15, 0.2) is 53.0 Å². The standard InChI is InChI=1S/C24H26BrN3O5S/c1-32-20-10-9-17(14-18(20)25)22(30)27-24(34)28-12-11-26-23(31)19(28)15-21(29)33-13-5-8-16-6-3-2-4-7-16/h2-4,6-7,9-10,14,19H,5,8,11-13,15H2,1H3,(H,26,31)(H,27,30,34). The van der Waals surface area contributed by atoms with Crippen LogP contribution in [0.25, 0.3) is 0 Å². The van der Waals surface area contributed by atoms with E-state index in [1.165, 1.54) is 12.7 Å². The van der Waals surface area contributed by atoms with Crippen molar-refractivity contribution >= 4 is 51.0 Å². The number of ether oxygens (including phenoxy) is 2. The predicted octanol–water partition coefficient (Wildman–Crippen LogP) is 2.84. The van der Waals surface area contributed by atoms with Crippen molar-refractivity contribution in [2.24, 2.45) is 0 Å². The van der Waals surface area contributed by atoms with Crippen LogP contribution in [0.1, 0.15) is 28.8 Å². The Labute approximate surface area is 212 Å². The van der Waals surface area contributed by atoms with Crippen LogP contribution in [0.3, 0.4) is 0 Å². The molecule has 0 radical (unpaired) electrons. The third-order valence-corrected chi connectivity index (χ3v) is 6.26. The Morgan fingerprint density at radius 3 is 2.71 bits per heavy atom. The summed E-state index contributed by atoms with van der Waals surface area (Å²) in [5.41, 5.74) is 1.53. The Morgan fingerprint density at radius 2 is 2.00 bits per heavy atom. The first kappa shape index (κ1) is 25.6. The topological polar surface area (TPSA) is 97.0 Å². The lowest BCUT2D eigenvalue weighted by Gasteiger charge is -2.36. The molecule has 0 aromatic heterocycles. The molecule has 2 amide bonds. The summed E-state index contributed by atoms with van der Waals surface area (Å²) < 4.78 is 11.1. The van der Waals surface area contributed by atoms with Gasteiger partial charge >= 0.3 is 5.97 Å². The number of nitrogens with zero attached hydrogens (tertiary/aromatic N) is 1. The van der Waals surface area contributed by atoms with Gasteiger partial charge in [0.2, 0.25) is 5.91 Å². The molecular weight excluding hydrogens is 522 g/mol. The van der Waals surface area contributed by atoms with Gasteiger partial charge in [-0.25, -0.2) is 0 Å². The van der Waals surface area contributed by atoms with E-state index in [0.717, 1.165) is 6.42 Å². The maximum absolute atomic E-state index is 12.7. The predicted molar refractivity (Wildman–Crippen MR) is 135 cm³/mol. The Kier molecular flexibility index (Phi) is 9.41. The maximum Gasteiger partial charge on any atom is 0.308 e. The minimum absolute atomic E-state index is 0.0775. The number of carbonyl (C=O) groups excluding carboxylic acids is 3. The van der Waals surface area contributed by atoms with Gasteiger partial charge < -0.3 is 19.7 Å². The molecule has 3 rings (SSSR count). The Morgan fingerprint density at radius 1 is 1.24 bits per heavy atom. The lowest BCUT2D eigenvalue weighted by atomic mass is 10.1. The lowest BCUT2D eigenvalue weighted by molar-refractivity contribution is -0.147. The summed E-state index contributed by atoms with van der Waals surface area (Å²) in [4.78, 5) is 39.1. The third kappa shape index (κ3) is 7.01. The van der Waals surface area contributed by atoms with Crippen LogP contribution < -0.4 is 15.4 Å². The molecule has 10 heteroatoms. The van der Waals surface area contributed by atoms with Gasteiger partial charge in [-0.2, -0.15) is 0 Å². The second-order valence-electron chi connectivity index (χ2n) is 7.62. The molecule has 8 nitrogen and oxygen atoms in total. The number of rotatable bonds is 8. The number of carbonyl (C=O) groups is 3. The number of benzene rings is 2. The van der Waals surface area contributed by atoms with Crippen molar-refractivity contribution in [2.75, 3.05) is 26.8 Å². The number of amides is 2. The molecule has 0 aliphatic carbocycles. The molecule has 1 saturated heterocycles. The number of piperazine rings is 1. The van der Waals surface area contributed by atoms with E-state index in [0.29, 0.717) is 35.3 Å². The fourth-order valence-corrected chi connectivity index (χ4v) is 4.39. The Hall–Kier alpha value is -2.98. The van der Waals surface area contributed by atoms with E-state index in [1.807, 2.05) is 30.3 Å². The minimum atomic E-state index is -0.856. The molecule has 1 fully saturated rings. The van der Waals surface area contributed by atoms with Crippen molar-refractivity contribution in [2.45, 2.75) is 25.3 Å². The van der Waals surface area contributed by atoms with Gasteiger partial charge in [0, 0.05) is 18.7 Å². The van der Waals surface area contributed by atoms with Crippen LogP contribution in [0.2, 0.25) is 0 Å². The normalized spacial score (nSPS) is 15.3. The van der Waals surface area contributed by atoms with Crippen molar-refractivity contribution < 1.29 is 23.9 Å². The van der Waals surface area contributed by atoms with Crippen LogP contribution in [0, 0.1) is 0 Å². The van der Waals surface area contributed by atoms with E-state index in [-0.39, 0.29) is 24.0 Å². The highest BCUT2D eigenvalue weighted by atomic mass is 79.9. The van der Waals surface area contributed by atoms with Crippen molar-refractivity contribution in [3.63, 3.8) is 0 Å². The summed E-state index contributed by atoms with van der Waals surface area (Å²) in [6, 6.07) is 13.9. The summed E-state index contributed by atoms with van der Waals surface area (Å²) in [6.07, 6.45) is 1.31. The molecular formula is C24H26BrN3O5S. The van der Waals surface area contributed by atoms with Gasteiger partial charge in [-0.3, -0.25) is 19.7 Å². The molecule has 0 bridgehead atoms. The van der Waals surface area contributed by atoms with Gasteiger partial charge in [-0.1, -0.05) is 30.3 Å². The smallest absolute Gasteiger partial charge is 0.308 e. The first-order valence-electron chi connectivity index (χ1n) is 10.8. The molecule has 0 saturated carbocycles. The molecule has 1 aliphatic heterocycles. The number of thiocarbonyl (C=S) groups is 1. The van der Waals surface area contributed by atoms with Gasteiger partial charge in [-0.05, 0) is 64.8 Å². The number of aryl methyl sites for hydroxylation is 1. The van der Waals surface area contributed by atoms with E-state index in [2.05, 4.69) is 26.6 Å². The average Bonchev–Trinajstić information content (AvgIpc) is 2.83. The Balaban J connectivity index is 1.54. The number of hydrogen-bond donors (Lipinski definition) is 2. The van der Waals surface area contributed by atoms with E-state index >= 15 is 0 Å². The molecule has 2 aromatic rings. The quantitative estimate of drug-likeness (QED) is 0.298. The van der Waals surface area contributed by atoms with Crippen LogP contribution in [0.4, 0.5) is 0 Å². The molecule has 1 heterocycles. The van der Waals surface area contributed by atoms with Crippen molar-refractivity contribution in [1.82, 2.24) is 15.5 Å². The average molecular weight is 548 g/mol. The first-order valence-corrected chi connectivity index (χ1v) is 12.0. The van der Waals surface area contributed by atoms with Crippen molar-refractivity contribution in [3.05, 3.63) is 64.1 Å². The maximum atomic E-state index is 12.7. The number of esters is 1. The van der Waals surface area contributed by atoms with Crippen molar-refractivity contribution in [1.29, 1.82) is 0 Å². The fourth-order valence-electron chi connectivity index (χ4n) is 3.53. The molecule has 1 unspecified atom stereocenters. The second kappa shape index (κ2) is 12.5. The lowest BCUT2D eigenvalue weighted by Crippen LogP contribution is -2.60. The molecule has 1 aliphatic rings. The van der Waals surface area contributed by atoms with Gasteiger partial charge in [0.15, 0.2) is 5.11 Å². The molecule has 180 valence electrons. The second-order valence-corrected chi connectivity index (χ2v) is 8.86. The summed E-state index contributed by atoms with van der Waals surface area (Å²) in [5, 5.41) is 5.46. The van der Waals surface area contributed by atoms with Crippen LogP contribution in [0.5, 0.6) is 5.75 Å². The molecule has 1 atom stereocenters. The molecule has 34 heavy (non-hydrogen) atoms. The molecule has 0 spiro atoms. The van der Waals surface area contributed by atoms with Crippen molar-refractivity contribution in [3.8, 4) is 5.75 Å². The highest BCUT2D eigenvalue weighted by Crippen LogP contribution is 2.25. The van der Waals surface area contributed by atoms with Crippen LogP contribution in [-0.2, 0) is 20.7 Å². The van der Waals surface area contributed by atoms with E-state index in [4.69, 9.17) is 21.7 Å². The van der Waals surface area contributed by atoms with E-state index < -0.39 is 17.9 Å². The van der Waals surface area contributed by atoms with Gasteiger partial charge in [-0.15, -0.1) is 0 Å². The summed E-state index contributed by atoms with van der Waals surface area (Å²) in [6.45, 7) is 0.976. The van der Waals surface area contributed by atoms with Gasteiger partial charge in [0.1, 0.15) is 11.8 Å². The largest absolute Gasteiger partial charge is 0.496 e. The fraction of sp³-hybridized carbons (Fsp3) is 0.333. The van der Waals surface area contributed by atoms with E-state index in [9.17, 15) is 14.4 Å². The van der Waals surface area contributed by atoms with Crippen LogP contribution >= 0.6 is 28.1 Å². The third-order valence-electron chi connectivity index (χ3n) is 5.30. The zero-order valence-electron chi connectivity index (χ0n) is 18.7. The first-order chi connectivity index (χ1) is 16.4. The molecule has 2 aromatic carbocycles. The highest BCUT2D eigenvalue weighted by Gasteiger charge is 2.34. The number of halogens is 1. The zero-order chi connectivity index (χ0) is 24.5. The molecule has 2 N–H and O–H groups in total. The number of hydrogen-bond acceptors (Lipinski definition) is 6. The van der Waals surface area contributed by atoms with Crippen LogP contribution in [-0.4, -0.2) is 60.6 Å². The summed E-state index contributed by atoms with van der Waals surface area (Å²) in [5.74, 6) is -0.666. The SMILES string of the molecule is COc1ccc(C(=O)NC(=S)N2CCNC(=O)C2CC(=O)OCCCc2ccccc2)cc1Br.